The lowest BCUT2D eigenvalue weighted by Gasteiger charge is -2.34. The maximum atomic E-state index is 6.08. The van der Waals surface area contributed by atoms with Crippen LogP contribution < -0.4 is 9.64 Å². The van der Waals surface area contributed by atoms with Crippen LogP contribution in [0.2, 0.25) is 0 Å². The Morgan fingerprint density at radius 1 is 0.880 bits per heavy atom. The van der Waals surface area contributed by atoms with Crippen molar-refractivity contribution in [1.29, 1.82) is 0 Å². The molecule has 25 heavy (non-hydrogen) atoms. The Kier molecular flexibility index (Phi) is 4.48. The van der Waals surface area contributed by atoms with Crippen molar-refractivity contribution in [1.82, 2.24) is 14.9 Å². The van der Waals surface area contributed by atoms with Crippen molar-refractivity contribution >= 4 is 16.9 Å². The molecule has 0 atom stereocenters. The monoisotopic (exact) mass is 334 g/mol. The Bertz CT molecular complexity index is 845. The van der Waals surface area contributed by atoms with Crippen LogP contribution in [-0.4, -0.2) is 47.6 Å². The molecule has 1 saturated heterocycles. The van der Waals surface area contributed by atoms with Crippen molar-refractivity contribution in [3.05, 3.63) is 54.6 Å². The van der Waals surface area contributed by atoms with E-state index in [1.54, 1.807) is 0 Å². The van der Waals surface area contributed by atoms with E-state index in [0.717, 1.165) is 55.3 Å². The molecule has 0 aliphatic carbocycles. The highest BCUT2D eigenvalue weighted by molar-refractivity contribution is 5.84. The molecule has 1 fully saturated rings. The Morgan fingerprint density at radius 3 is 2.36 bits per heavy atom. The van der Waals surface area contributed by atoms with Gasteiger partial charge in [0.25, 0.3) is 0 Å². The van der Waals surface area contributed by atoms with Crippen LogP contribution in [0.5, 0.6) is 11.6 Å². The first kappa shape index (κ1) is 15.8. The second-order valence-corrected chi connectivity index (χ2v) is 6.18. The van der Waals surface area contributed by atoms with Gasteiger partial charge < -0.3 is 14.5 Å². The number of ether oxygens (including phenoxy) is 1. The third-order valence-corrected chi connectivity index (χ3v) is 4.62. The zero-order valence-corrected chi connectivity index (χ0v) is 14.4. The Hall–Kier alpha value is -2.66. The second kappa shape index (κ2) is 7.07. The summed E-state index contributed by atoms with van der Waals surface area (Å²) < 4.78 is 6.08. The molecule has 1 aliphatic rings. The Labute approximate surface area is 147 Å². The SMILES string of the molecule is CCN1CCN(c2nc(Oc3ccccc3)c3ccccc3n2)CC1. The highest BCUT2D eigenvalue weighted by Crippen LogP contribution is 2.29. The number of nitrogens with zero attached hydrogens (tertiary/aromatic N) is 4. The van der Waals surface area contributed by atoms with Gasteiger partial charge in [-0.15, -0.1) is 0 Å². The number of para-hydroxylation sites is 2. The molecule has 5 heteroatoms. The zero-order chi connectivity index (χ0) is 17.1. The summed E-state index contributed by atoms with van der Waals surface area (Å²) in [6.45, 7) is 7.26. The minimum atomic E-state index is 0.615. The summed E-state index contributed by atoms with van der Waals surface area (Å²) in [5, 5.41) is 0.933. The molecule has 0 spiro atoms. The molecule has 1 aromatic heterocycles. The van der Waals surface area contributed by atoms with E-state index in [1.165, 1.54) is 0 Å². The molecule has 0 N–H and O–H groups in total. The van der Waals surface area contributed by atoms with Gasteiger partial charge in [0, 0.05) is 26.2 Å². The molecule has 0 bridgehead atoms. The number of aromatic nitrogens is 2. The molecule has 2 aromatic carbocycles. The minimum absolute atomic E-state index is 0.615. The summed E-state index contributed by atoms with van der Waals surface area (Å²) >= 11 is 0. The van der Waals surface area contributed by atoms with Crippen LogP contribution in [0.3, 0.4) is 0 Å². The van der Waals surface area contributed by atoms with Crippen LogP contribution in [0.4, 0.5) is 5.95 Å². The van der Waals surface area contributed by atoms with Gasteiger partial charge in [-0.2, -0.15) is 4.98 Å². The van der Waals surface area contributed by atoms with Crippen LogP contribution in [0.1, 0.15) is 6.92 Å². The van der Waals surface area contributed by atoms with Crippen molar-refractivity contribution in [2.75, 3.05) is 37.6 Å². The standard InChI is InChI=1S/C20H22N4O/c1-2-23-12-14-24(15-13-23)20-21-18-11-7-6-10-17(18)19(22-20)25-16-8-4-3-5-9-16/h3-11H,2,12-15H2,1H3. The quantitative estimate of drug-likeness (QED) is 0.730. The molecule has 0 amide bonds. The van der Waals surface area contributed by atoms with Crippen LogP contribution in [0, 0.1) is 0 Å². The minimum Gasteiger partial charge on any atom is -0.438 e. The fraction of sp³-hybridized carbons (Fsp3) is 0.300. The third-order valence-electron chi connectivity index (χ3n) is 4.62. The van der Waals surface area contributed by atoms with E-state index in [2.05, 4.69) is 16.7 Å². The van der Waals surface area contributed by atoms with Crippen molar-refractivity contribution in [3.63, 3.8) is 0 Å². The molecule has 128 valence electrons. The van der Waals surface area contributed by atoms with Crippen LogP contribution in [-0.2, 0) is 0 Å². The van der Waals surface area contributed by atoms with E-state index < -0.39 is 0 Å². The summed E-state index contributed by atoms with van der Waals surface area (Å²) in [5.41, 5.74) is 0.913. The van der Waals surface area contributed by atoms with Gasteiger partial charge in [0.05, 0.1) is 10.9 Å². The van der Waals surface area contributed by atoms with E-state index in [1.807, 2.05) is 54.6 Å². The normalized spacial score (nSPS) is 15.5. The number of benzene rings is 2. The maximum Gasteiger partial charge on any atom is 0.231 e. The van der Waals surface area contributed by atoms with Crippen LogP contribution in [0.25, 0.3) is 10.9 Å². The molecule has 0 unspecified atom stereocenters. The fourth-order valence-corrected chi connectivity index (χ4v) is 3.12. The van der Waals surface area contributed by atoms with Crippen molar-refractivity contribution in [2.24, 2.45) is 0 Å². The van der Waals surface area contributed by atoms with Gasteiger partial charge in [0.2, 0.25) is 11.8 Å². The van der Waals surface area contributed by atoms with Crippen molar-refractivity contribution in [3.8, 4) is 11.6 Å². The molecule has 1 aliphatic heterocycles. The lowest BCUT2D eigenvalue weighted by atomic mass is 10.2. The third kappa shape index (κ3) is 3.42. The maximum absolute atomic E-state index is 6.08. The summed E-state index contributed by atoms with van der Waals surface area (Å²) in [5.74, 6) is 2.15. The number of anilines is 1. The number of hydrogen-bond acceptors (Lipinski definition) is 5. The molecule has 0 saturated carbocycles. The summed E-state index contributed by atoms with van der Waals surface area (Å²) in [6, 6.07) is 17.8. The lowest BCUT2D eigenvalue weighted by molar-refractivity contribution is 0.269. The Morgan fingerprint density at radius 2 is 1.60 bits per heavy atom. The highest BCUT2D eigenvalue weighted by Gasteiger charge is 2.20. The number of hydrogen-bond donors (Lipinski definition) is 0. The van der Waals surface area contributed by atoms with E-state index in [4.69, 9.17) is 14.7 Å². The van der Waals surface area contributed by atoms with Crippen molar-refractivity contribution < 1.29 is 4.74 Å². The predicted molar refractivity (Wildman–Crippen MR) is 100 cm³/mol. The zero-order valence-electron chi connectivity index (χ0n) is 14.4. The smallest absolute Gasteiger partial charge is 0.231 e. The summed E-state index contributed by atoms with van der Waals surface area (Å²) in [4.78, 5) is 14.2. The Balaban J connectivity index is 1.69. The first-order valence-corrected chi connectivity index (χ1v) is 8.80. The largest absolute Gasteiger partial charge is 0.438 e. The van der Waals surface area contributed by atoms with E-state index in [-0.39, 0.29) is 0 Å². The molecular weight excluding hydrogens is 312 g/mol. The number of piperazine rings is 1. The molecule has 0 radical (unpaired) electrons. The molecule has 3 aromatic rings. The van der Waals surface area contributed by atoms with Gasteiger partial charge in [-0.3, -0.25) is 0 Å². The van der Waals surface area contributed by atoms with Gasteiger partial charge in [-0.05, 0) is 30.8 Å². The van der Waals surface area contributed by atoms with Gasteiger partial charge in [0.15, 0.2) is 0 Å². The van der Waals surface area contributed by atoms with E-state index >= 15 is 0 Å². The fourth-order valence-electron chi connectivity index (χ4n) is 3.12. The topological polar surface area (TPSA) is 41.5 Å². The summed E-state index contributed by atoms with van der Waals surface area (Å²) in [6.07, 6.45) is 0. The molecule has 4 rings (SSSR count). The van der Waals surface area contributed by atoms with Crippen molar-refractivity contribution in [2.45, 2.75) is 6.92 Å². The van der Waals surface area contributed by atoms with Crippen LogP contribution in [0.15, 0.2) is 54.6 Å². The van der Waals surface area contributed by atoms with Gasteiger partial charge in [0.1, 0.15) is 5.75 Å². The first-order chi connectivity index (χ1) is 12.3. The number of rotatable bonds is 4. The number of likely N-dealkylation sites (N-methyl/N-ethyl adjacent to an activating group) is 1. The van der Waals surface area contributed by atoms with Crippen LogP contribution >= 0.6 is 0 Å². The second-order valence-electron chi connectivity index (χ2n) is 6.18. The van der Waals surface area contributed by atoms with Gasteiger partial charge in [-0.1, -0.05) is 37.3 Å². The predicted octanol–water partition coefficient (Wildman–Crippen LogP) is 3.56. The first-order valence-electron chi connectivity index (χ1n) is 8.80. The number of fused-ring (bicyclic) bond motifs is 1. The molecule has 5 nitrogen and oxygen atoms in total. The lowest BCUT2D eigenvalue weighted by Crippen LogP contribution is -2.46. The summed E-state index contributed by atoms with van der Waals surface area (Å²) in [7, 11) is 0. The van der Waals surface area contributed by atoms with Gasteiger partial charge >= 0.3 is 0 Å². The van der Waals surface area contributed by atoms with Gasteiger partial charge in [-0.25, -0.2) is 4.98 Å². The molecular formula is C20H22N4O. The average molecular weight is 334 g/mol. The van der Waals surface area contributed by atoms with E-state index in [0.29, 0.717) is 5.88 Å². The molecule has 2 heterocycles. The average Bonchev–Trinajstić information content (AvgIpc) is 2.69. The van der Waals surface area contributed by atoms with E-state index in [9.17, 15) is 0 Å². The highest BCUT2D eigenvalue weighted by atomic mass is 16.5.